The van der Waals surface area contributed by atoms with Crippen LogP contribution in [0.25, 0.3) is 10.8 Å². The second-order valence-corrected chi connectivity index (χ2v) is 4.10. The van der Waals surface area contributed by atoms with Crippen LogP contribution < -0.4 is 0 Å². The first kappa shape index (κ1) is 10.0. The quantitative estimate of drug-likeness (QED) is 0.699. The zero-order valence-corrected chi connectivity index (χ0v) is 9.43. The van der Waals surface area contributed by atoms with Gasteiger partial charge < -0.3 is 0 Å². The zero-order chi connectivity index (χ0) is 12.0. The molecule has 2 aromatic carbocycles. The molecule has 0 fully saturated rings. The molecule has 1 aliphatic heterocycles. The number of imide groups is 1. The summed E-state index contributed by atoms with van der Waals surface area (Å²) in [4.78, 5) is 25.3. The summed E-state index contributed by atoms with van der Waals surface area (Å²) < 4.78 is 0. The predicted molar refractivity (Wildman–Crippen MR) is 65.0 cm³/mol. The minimum Gasteiger partial charge on any atom is -0.275 e. The minimum atomic E-state index is -0.182. The number of carbonyl (C=O) groups excluding carboxylic acids is 2. The highest BCUT2D eigenvalue weighted by Gasteiger charge is 2.34. The van der Waals surface area contributed by atoms with Crippen LogP contribution >= 0.6 is 0 Å². The summed E-state index contributed by atoms with van der Waals surface area (Å²) in [7, 11) is 0. The van der Waals surface area contributed by atoms with E-state index in [4.69, 9.17) is 0 Å². The molecule has 84 valence electrons. The highest BCUT2D eigenvalue weighted by atomic mass is 16.2. The van der Waals surface area contributed by atoms with Gasteiger partial charge in [-0.3, -0.25) is 14.5 Å². The molecule has 17 heavy (non-hydrogen) atoms. The van der Waals surface area contributed by atoms with Crippen molar-refractivity contribution in [2.24, 2.45) is 0 Å². The van der Waals surface area contributed by atoms with Crippen molar-refractivity contribution < 1.29 is 9.59 Å². The van der Waals surface area contributed by atoms with Crippen LogP contribution in [0.4, 0.5) is 0 Å². The third-order valence-electron chi connectivity index (χ3n) is 3.15. The molecule has 1 heterocycles. The molecule has 0 aromatic heterocycles. The molecule has 3 heteroatoms. The summed E-state index contributed by atoms with van der Waals surface area (Å²) in [5, 5.41) is 1.98. The number of hydrogen-bond donors (Lipinski definition) is 0. The average molecular weight is 225 g/mol. The van der Waals surface area contributed by atoms with E-state index in [1.807, 2.05) is 24.3 Å². The Morgan fingerprint density at radius 3 is 1.82 bits per heavy atom. The molecule has 0 saturated carbocycles. The molecule has 0 spiro atoms. The van der Waals surface area contributed by atoms with Crippen molar-refractivity contribution in [2.75, 3.05) is 6.54 Å². The number of amides is 2. The van der Waals surface area contributed by atoms with Crippen molar-refractivity contribution in [3.63, 3.8) is 0 Å². The number of benzene rings is 2. The van der Waals surface area contributed by atoms with Gasteiger partial charge in [0.1, 0.15) is 0 Å². The monoisotopic (exact) mass is 225 g/mol. The van der Waals surface area contributed by atoms with Crippen LogP contribution in [0, 0.1) is 0 Å². The summed E-state index contributed by atoms with van der Waals surface area (Å²) in [6, 6.07) is 11.4. The maximum Gasteiger partial charge on any atom is 0.261 e. The van der Waals surface area contributed by atoms with Crippen LogP contribution in [0.3, 0.4) is 0 Å². The van der Waals surface area contributed by atoms with Gasteiger partial charge in [-0.2, -0.15) is 0 Å². The molecule has 0 aliphatic carbocycles. The molecule has 0 atom stereocenters. The Morgan fingerprint density at radius 1 is 0.941 bits per heavy atom. The van der Waals surface area contributed by atoms with Gasteiger partial charge in [-0.05, 0) is 29.8 Å². The number of rotatable bonds is 1. The van der Waals surface area contributed by atoms with Crippen LogP contribution in [0.2, 0.25) is 0 Å². The lowest BCUT2D eigenvalue weighted by Crippen LogP contribution is -2.29. The van der Waals surface area contributed by atoms with Crippen molar-refractivity contribution in [2.45, 2.75) is 6.92 Å². The van der Waals surface area contributed by atoms with Gasteiger partial charge in [0.2, 0.25) is 0 Å². The molecule has 0 bridgehead atoms. The molecule has 0 N–H and O–H groups in total. The van der Waals surface area contributed by atoms with Crippen LogP contribution in [-0.4, -0.2) is 23.3 Å². The lowest BCUT2D eigenvalue weighted by atomic mass is 10.0. The Hall–Kier alpha value is -2.16. The Bertz CT molecular complexity index is 591. The van der Waals surface area contributed by atoms with Crippen molar-refractivity contribution in [3.05, 3.63) is 47.5 Å². The van der Waals surface area contributed by atoms with E-state index in [1.165, 1.54) is 4.90 Å². The van der Waals surface area contributed by atoms with Gasteiger partial charge in [-0.15, -0.1) is 0 Å². The largest absolute Gasteiger partial charge is 0.275 e. The Kier molecular flexibility index (Phi) is 2.01. The van der Waals surface area contributed by atoms with Gasteiger partial charge in [-0.25, -0.2) is 0 Å². The zero-order valence-electron chi connectivity index (χ0n) is 9.43. The first-order valence-corrected chi connectivity index (χ1v) is 5.61. The van der Waals surface area contributed by atoms with Gasteiger partial charge in [0.25, 0.3) is 11.8 Å². The SMILES string of the molecule is CCN1C(=O)c2cc3ccccc3cc2C1=O. The molecule has 0 saturated heterocycles. The fourth-order valence-electron chi connectivity index (χ4n) is 2.26. The summed E-state index contributed by atoms with van der Waals surface area (Å²) in [5.74, 6) is -0.364. The molecular formula is C14H11NO2. The van der Waals surface area contributed by atoms with Gasteiger partial charge in [-0.1, -0.05) is 24.3 Å². The maximum absolute atomic E-state index is 12.0. The van der Waals surface area contributed by atoms with Gasteiger partial charge in [0.15, 0.2) is 0 Å². The third kappa shape index (κ3) is 1.29. The van der Waals surface area contributed by atoms with Gasteiger partial charge >= 0.3 is 0 Å². The summed E-state index contributed by atoms with van der Waals surface area (Å²) in [6.07, 6.45) is 0. The van der Waals surface area contributed by atoms with Crippen LogP contribution in [-0.2, 0) is 0 Å². The highest BCUT2D eigenvalue weighted by Crippen LogP contribution is 2.27. The highest BCUT2D eigenvalue weighted by molar-refractivity contribution is 6.23. The maximum atomic E-state index is 12.0. The van der Waals surface area contributed by atoms with E-state index in [0.29, 0.717) is 17.7 Å². The van der Waals surface area contributed by atoms with Crippen molar-refractivity contribution in [1.29, 1.82) is 0 Å². The minimum absolute atomic E-state index is 0.182. The van der Waals surface area contributed by atoms with E-state index in [-0.39, 0.29) is 11.8 Å². The molecule has 2 amide bonds. The lowest BCUT2D eigenvalue weighted by molar-refractivity contribution is 0.0663. The number of nitrogens with zero attached hydrogens (tertiary/aromatic N) is 1. The molecule has 1 aliphatic rings. The second kappa shape index (κ2) is 3.42. The fraction of sp³-hybridized carbons (Fsp3) is 0.143. The fourth-order valence-corrected chi connectivity index (χ4v) is 2.26. The Morgan fingerprint density at radius 2 is 1.41 bits per heavy atom. The van der Waals surface area contributed by atoms with E-state index < -0.39 is 0 Å². The summed E-state index contributed by atoms with van der Waals surface area (Å²) in [5.41, 5.74) is 1.05. The van der Waals surface area contributed by atoms with E-state index in [2.05, 4.69) is 0 Å². The van der Waals surface area contributed by atoms with E-state index >= 15 is 0 Å². The number of carbonyl (C=O) groups is 2. The molecular weight excluding hydrogens is 214 g/mol. The van der Waals surface area contributed by atoms with Crippen LogP contribution in [0.1, 0.15) is 27.6 Å². The molecule has 3 rings (SSSR count). The van der Waals surface area contributed by atoms with Crippen molar-refractivity contribution in [3.8, 4) is 0 Å². The Balaban J connectivity index is 2.30. The lowest BCUT2D eigenvalue weighted by Gasteiger charge is -2.08. The van der Waals surface area contributed by atoms with Gasteiger partial charge in [0, 0.05) is 6.54 Å². The molecule has 3 nitrogen and oxygen atoms in total. The third-order valence-corrected chi connectivity index (χ3v) is 3.15. The number of fused-ring (bicyclic) bond motifs is 2. The van der Waals surface area contributed by atoms with E-state index in [1.54, 1.807) is 19.1 Å². The normalized spacial score (nSPS) is 14.5. The predicted octanol–water partition coefficient (Wildman–Crippen LogP) is 2.46. The van der Waals surface area contributed by atoms with Gasteiger partial charge in [0.05, 0.1) is 11.1 Å². The van der Waals surface area contributed by atoms with Crippen LogP contribution in [0.5, 0.6) is 0 Å². The summed E-state index contributed by atoms with van der Waals surface area (Å²) in [6.45, 7) is 2.23. The Labute approximate surface area is 98.6 Å². The molecule has 2 aromatic rings. The van der Waals surface area contributed by atoms with E-state index in [0.717, 1.165) is 10.8 Å². The first-order chi connectivity index (χ1) is 8.22. The average Bonchev–Trinajstić information content (AvgIpc) is 2.59. The van der Waals surface area contributed by atoms with Crippen molar-refractivity contribution >= 4 is 22.6 Å². The second-order valence-electron chi connectivity index (χ2n) is 4.10. The molecule has 0 unspecified atom stereocenters. The van der Waals surface area contributed by atoms with Crippen molar-refractivity contribution in [1.82, 2.24) is 4.90 Å². The van der Waals surface area contributed by atoms with Crippen LogP contribution in [0.15, 0.2) is 36.4 Å². The standard InChI is InChI=1S/C14H11NO2/c1-2-15-13(16)11-7-9-5-3-4-6-10(9)8-12(11)14(15)17/h3-8H,2H2,1H3. The first-order valence-electron chi connectivity index (χ1n) is 5.61. The summed E-state index contributed by atoms with van der Waals surface area (Å²) >= 11 is 0. The smallest absolute Gasteiger partial charge is 0.261 e. The molecule has 0 radical (unpaired) electrons. The van der Waals surface area contributed by atoms with E-state index in [9.17, 15) is 9.59 Å². The topological polar surface area (TPSA) is 37.4 Å². The number of hydrogen-bond acceptors (Lipinski definition) is 2.